The number of benzene rings is 1. The highest BCUT2D eigenvalue weighted by Gasteiger charge is 2.60. The van der Waals surface area contributed by atoms with Crippen LogP contribution in [0.25, 0.3) is 0 Å². The van der Waals surface area contributed by atoms with Gasteiger partial charge in [0.25, 0.3) is 5.76 Å². The van der Waals surface area contributed by atoms with Gasteiger partial charge in [-0.3, -0.25) is 4.79 Å². The van der Waals surface area contributed by atoms with E-state index in [9.17, 15) is 49.8 Å². The molecule has 3 aliphatic carbocycles. The van der Waals surface area contributed by atoms with Crippen molar-refractivity contribution >= 4 is 35.5 Å². The third kappa shape index (κ3) is 8.95. The maximum Gasteiger partial charge on any atom is 0.379 e. The molecule has 366 valence electrons. The van der Waals surface area contributed by atoms with E-state index in [4.69, 9.17) is 44.8 Å². The molecule has 0 radical (unpaired) electrons. The van der Waals surface area contributed by atoms with Crippen LogP contribution < -0.4 is 0 Å². The van der Waals surface area contributed by atoms with E-state index in [0.29, 0.717) is 37.7 Å². The third-order valence-electron chi connectivity index (χ3n) is 15.4. The van der Waals surface area contributed by atoms with Crippen LogP contribution >= 0.6 is 11.6 Å². The van der Waals surface area contributed by atoms with Crippen molar-refractivity contribution in [3.05, 3.63) is 75.8 Å². The Morgan fingerprint density at radius 3 is 2.39 bits per heavy atom. The third-order valence-corrected chi connectivity index (χ3v) is 15.8. The number of carbonyl (C=O) groups excluding carboxylic acids is 3. The van der Waals surface area contributed by atoms with E-state index in [1.165, 1.54) is 18.2 Å². The van der Waals surface area contributed by atoms with Crippen molar-refractivity contribution in [3.63, 3.8) is 0 Å². The summed E-state index contributed by atoms with van der Waals surface area (Å²) in [7, 11) is 0. The van der Waals surface area contributed by atoms with Gasteiger partial charge in [-0.25, -0.2) is 14.4 Å². The Bertz CT molecular complexity index is 2240. The van der Waals surface area contributed by atoms with Crippen molar-refractivity contribution in [1.82, 2.24) is 0 Å². The number of fused-ring (bicyclic) bond motifs is 3. The van der Waals surface area contributed by atoms with Crippen molar-refractivity contribution in [2.24, 2.45) is 35.0 Å². The quantitative estimate of drug-likeness (QED) is 0.110. The Labute approximate surface area is 393 Å². The molecule has 4 heterocycles. The predicted molar refractivity (Wildman–Crippen MR) is 235 cm³/mol. The maximum atomic E-state index is 14.8. The number of aliphatic carboxylic acids is 1. The smallest absolute Gasteiger partial charge is 0.379 e. The molecule has 0 amide bonds. The molecule has 17 nitrogen and oxygen atoms in total. The molecule has 8 rings (SSSR count). The van der Waals surface area contributed by atoms with Crippen LogP contribution in [0.3, 0.4) is 0 Å². The Morgan fingerprint density at radius 2 is 1.64 bits per heavy atom. The van der Waals surface area contributed by atoms with Crippen LogP contribution in [0, 0.1) is 41.9 Å². The summed E-state index contributed by atoms with van der Waals surface area (Å²) in [6.07, 6.45) is 1.93. The Hall–Kier alpha value is -4.33. The lowest BCUT2D eigenvalue weighted by Crippen LogP contribution is -2.61. The van der Waals surface area contributed by atoms with E-state index >= 15 is 0 Å². The lowest BCUT2D eigenvalue weighted by Gasteiger charge is -2.51. The summed E-state index contributed by atoms with van der Waals surface area (Å²) in [6.45, 7) is 8.23. The average Bonchev–Trinajstić information content (AvgIpc) is 3.50. The summed E-state index contributed by atoms with van der Waals surface area (Å²) >= 11 is 6.18. The standard InChI is InChI=1S/C49H61ClO17/c1-22-21-49-27(19-29(22)43(56)57)12-9-7-6-8-11-26-15-16-28-30(48(26,5)47(60)66-41(42(49)55)45(59)67-49)13-10-14-33(28)64-46-39(54)38(53)40(25(4)62-46)65-35-20-34(37(52)24(3)61-35)63-44(58)36-23(2)31(50)17-18-32(36)51/h9,12,15-19,22,24-28,30,33-35,37-40,46,51-55H,6-8,10-11,13-14,20-21H2,1-5H3,(H,56,57)/b12-9-/t22-,24-,25-,26-,27-,28+,30-,33+,34-,35+,37-,38-,39?,40-,46+,48-,49?/m1/s1. The summed E-state index contributed by atoms with van der Waals surface area (Å²) in [4.78, 5) is 53.7. The number of carboxylic acid groups (broad SMARTS) is 1. The van der Waals surface area contributed by atoms with Crippen molar-refractivity contribution in [3.8, 4) is 5.75 Å². The highest BCUT2D eigenvalue weighted by atomic mass is 35.5. The Morgan fingerprint density at radius 1 is 0.881 bits per heavy atom. The second kappa shape index (κ2) is 19.2. The van der Waals surface area contributed by atoms with Gasteiger partial charge in [-0.1, -0.05) is 61.7 Å². The van der Waals surface area contributed by atoms with Crippen molar-refractivity contribution in [2.45, 2.75) is 159 Å². The fourth-order valence-electron chi connectivity index (χ4n) is 11.5. The van der Waals surface area contributed by atoms with Gasteiger partial charge >= 0.3 is 23.9 Å². The van der Waals surface area contributed by atoms with Gasteiger partial charge in [0.1, 0.15) is 41.8 Å². The summed E-state index contributed by atoms with van der Waals surface area (Å²) in [5.74, 6) is -7.75. The molecule has 1 saturated carbocycles. The van der Waals surface area contributed by atoms with E-state index in [-0.39, 0.29) is 46.6 Å². The first-order valence-electron chi connectivity index (χ1n) is 23.3. The number of halogens is 1. The zero-order valence-electron chi connectivity index (χ0n) is 38.1. The minimum atomic E-state index is -1.65. The van der Waals surface area contributed by atoms with Gasteiger partial charge in [-0.05, 0) is 95.2 Å². The molecule has 7 aliphatic rings. The zero-order chi connectivity index (χ0) is 48.3. The first-order valence-corrected chi connectivity index (χ1v) is 23.7. The van der Waals surface area contributed by atoms with Gasteiger partial charge in [0, 0.05) is 35.3 Å². The lowest BCUT2D eigenvalue weighted by molar-refractivity contribution is -0.343. The number of aliphatic hydroxyl groups excluding tert-OH is 4. The summed E-state index contributed by atoms with van der Waals surface area (Å²) in [5, 5.41) is 66.3. The number of hydrogen-bond acceptors (Lipinski definition) is 16. The molecule has 17 atom stereocenters. The van der Waals surface area contributed by atoms with Crippen molar-refractivity contribution < 1.29 is 83.0 Å². The average molecular weight is 957 g/mol. The number of hydrogen-bond donors (Lipinski definition) is 6. The molecular weight excluding hydrogens is 896 g/mol. The number of carboxylic acids is 1. The largest absolute Gasteiger partial charge is 0.507 e. The summed E-state index contributed by atoms with van der Waals surface area (Å²) < 4.78 is 42.3. The van der Waals surface area contributed by atoms with Crippen molar-refractivity contribution in [2.75, 3.05) is 0 Å². The predicted octanol–water partition coefficient (Wildman–Crippen LogP) is 5.63. The molecule has 2 saturated heterocycles. The van der Waals surface area contributed by atoms with Gasteiger partial charge in [-0.15, -0.1) is 0 Å². The van der Waals surface area contributed by atoms with Gasteiger partial charge < -0.3 is 63.8 Å². The van der Waals surface area contributed by atoms with Crippen LogP contribution in [0.15, 0.2) is 59.6 Å². The van der Waals surface area contributed by atoms with Crippen LogP contribution in [0.4, 0.5) is 0 Å². The SMILES string of the molecule is Cc1c(Cl)ccc(O)c1C(=O)O[C@@H]1C[C@H](O[C@H]2[C@H](O)C(O)[C@H](O[C@H]3CCC[C@@H]4[C@@H]3C=C[C@H]3CCCC/C=C\[C@@H]5C=C(C(=O)O)[C@H](C)CC56OC(=O)C(=C6O)OC(=O)[C@@]43C)O[C@@H]2C)O[C@H](C)[C@H]1O. The molecule has 1 aromatic carbocycles. The molecule has 1 aromatic rings. The molecule has 2 unspecified atom stereocenters. The molecule has 4 aliphatic heterocycles. The number of esters is 3. The zero-order valence-corrected chi connectivity index (χ0v) is 38.9. The van der Waals surface area contributed by atoms with E-state index < -0.39 is 126 Å². The highest BCUT2D eigenvalue weighted by Crippen LogP contribution is 2.55. The Kier molecular flexibility index (Phi) is 14.1. The Balaban J connectivity index is 0.970. The van der Waals surface area contributed by atoms with Crippen LogP contribution in [0.1, 0.15) is 101 Å². The topological polar surface area (TPSA) is 254 Å². The molecule has 2 bridgehead atoms. The minimum absolute atomic E-state index is 0.0340. The number of phenols is 1. The van der Waals surface area contributed by atoms with E-state index in [1.807, 2.05) is 25.2 Å². The van der Waals surface area contributed by atoms with E-state index in [2.05, 4.69) is 0 Å². The van der Waals surface area contributed by atoms with Gasteiger partial charge in [-0.2, -0.15) is 0 Å². The van der Waals surface area contributed by atoms with E-state index in [1.54, 1.807) is 33.8 Å². The molecule has 0 aromatic heterocycles. The number of rotatable bonds is 7. The number of aromatic hydroxyl groups is 1. The van der Waals surface area contributed by atoms with Crippen LogP contribution in [-0.2, 0) is 47.5 Å². The second-order valence-electron chi connectivity index (χ2n) is 19.5. The van der Waals surface area contributed by atoms with E-state index in [0.717, 1.165) is 12.8 Å². The number of aliphatic hydroxyl groups is 4. The molecule has 67 heavy (non-hydrogen) atoms. The lowest BCUT2D eigenvalue weighted by atomic mass is 9.55. The van der Waals surface area contributed by atoms with Gasteiger partial charge in [0.05, 0.1) is 23.7 Å². The molecule has 1 spiro atoms. The van der Waals surface area contributed by atoms with Crippen LogP contribution in [0.5, 0.6) is 5.75 Å². The molecular formula is C49H61ClO17. The maximum absolute atomic E-state index is 14.8. The molecule has 6 N–H and O–H groups in total. The first kappa shape index (κ1) is 49.1. The van der Waals surface area contributed by atoms with Crippen LogP contribution in [-0.4, -0.2) is 122 Å². The van der Waals surface area contributed by atoms with Crippen molar-refractivity contribution in [1.29, 1.82) is 0 Å². The molecule has 18 heteroatoms. The monoisotopic (exact) mass is 956 g/mol. The summed E-state index contributed by atoms with van der Waals surface area (Å²) in [5.41, 5.74) is -2.59. The van der Waals surface area contributed by atoms with Crippen LogP contribution in [0.2, 0.25) is 5.02 Å². The number of ether oxygens (including phenoxy) is 7. The normalized spacial score (nSPS) is 41.6. The number of phenolic OH excluding ortho intramolecular Hbond substituents is 1. The fourth-order valence-corrected chi connectivity index (χ4v) is 11.6. The van der Waals surface area contributed by atoms with Gasteiger partial charge in [0.2, 0.25) is 0 Å². The summed E-state index contributed by atoms with van der Waals surface area (Å²) in [6, 6.07) is 2.71. The molecule has 3 fully saturated rings. The van der Waals surface area contributed by atoms with Gasteiger partial charge in [0.15, 0.2) is 23.9 Å². The number of carbonyl (C=O) groups is 4. The second-order valence-corrected chi connectivity index (χ2v) is 19.9. The first-order chi connectivity index (χ1) is 31.8. The number of allylic oxidation sites excluding steroid dienone is 2. The minimum Gasteiger partial charge on any atom is -0.507 e. The fraction of sp³-hybridized carbons (Fsp3) is 0.633. The highest BCUT2D eigenvalue weighted by molar-refractivity contribution is 6.32.